The van der Waals surface area contributed by atoms with E-state index in [9.17, 15) is 9.59 Å². The van der Waals surface area contributed by atoms with Crippen molar-refractivity contribution in [3.63, 3.8) is 0 Å². The number of hydrogen-bond acceptors (Lipinski definition) is 5. The van der Waals surface area contributed by atoms with Gasteiger partial charge in [-0.05, 0) is 36.1 Å². The van der Waals surface area contributed by atoms with Crippen molar-refractivity contribution in [3.8, 4) is 0 Å². The normalized spacial score (nSPS) is 11.3. The number of pyridine rings is 1. The van der Waals surface area contributed by atoms with Crippen LogP contribution in [0.25, 0.3) is 15.7 Å². The van der Waals surface area contributed by atoms with Gasteiger partial charge in [-0.3, -0.25) is 19.0 Å². The average Bonchev–Trinajstić information content (AvgIpc) is 3.21. The molecule has 0 fully saturated rings. The van der Waals surface area contributed by atoms with Gasteiger partial charge in [-0.1, -0.05) is 6.92 Å². The minimum absolute atomic E-state index is 0.132. The summed E-state index contributed by atoms with van der Waals surface area (Å²) in [6, 6.07) is 7.25. The van der Waals surface area contributed by atoms with E-state index in [-0.39, 0.29) is 18.0 Å². The second kappa shape index (κ2) is 6.72. The summed E-state index contributed by atoms with van der Waals surface area (Å²) in [4.78, 5) is 30.1. The third-order valence-corrected chi connectivity index (χ3v) is 5.00. The zero-order valence-electron chi connectivity index (χ0n) is 14.2. The summed E-state index contributed by atoms with van der Waals surface area (Å²) in [6.45, 7) is 1.93. The van der Waals surface area contributed by atoms with Crippen molar-refractivity contribution in [3.05, 3.63) is 58.2 Å². The van der Waals surface area contributed by atoms with Gasteiger partial charge in [0.05, 0.1) is 0 Å². The van der Waals surface area contributed by atoms with E-state index in [0.29, 0.717) is 11.2 Å². The summed E-state index contributed by atoms with van der Waals surface area (Å²) in [5.74, 6) is 0.488. The van der Waals surface area contributed by atoms with Gasteiger partial charge >= 0.3 is 0 Å². The molecule has 7 nitrogen and oxygen atoms in total. The van der Waals surface area contributed by atoms with Crippen molar-refractivity contribution in [2.45, 2.75) is 26.3 Å². The summed E-state index contributed by atoms with van der Waals surface area (Å²) >= 11 is 1.58. The molecule has 0 spiro atoms. The maximum Gasteiger partial charge on any atom is 0.291 e. The number of aromatic nitrogens is 4. The van der Waals surface area contributed by atoms with Crippen molar-refractivity contribution >= 4 is 38.7 Å². The molecule has 4 aromatic rings. The van der Waals surface area contributed by atoms with Crippen molar-refractivity contribution in [1.29, 1.82) is 0 Å². The van der Waals surface area contributed by atoms with E-state index in [4.69, 9.17) is 0 Å². The highest BCUT2D eigenvalue weighted by atomic mass is 32.1. The number of hydrogen-bond donors (Lipinski definition) is 1. The summed E-state index contributed by atoms with van der Waals surface area (Å²) in [5.41, 5.74) is 0.927. The molecule has 4 heterocycles. The summed E-state index contributed by atoms with van der Waals surface area (Å²) in [5, 5.41) is 10.2. The molecule has 1 amide bonds. The maximum atomic E-state index is 12.8. The molecule has 0 saturated carbocycles. The summed E-state index contributed by atoms with van der Waals surface area (Å²) < 4.78 is 3.17. The Hall–Kier alpha value is -3.00. The highest BCUT2D eigenvalue weighted by molar-refractivity contribution is 7.16. The van der Waals surface area contributed by atoms with Crippen LogP contribution in [-0.4, -0.2) is 25.1 Å². The molecule has 0 aliphatic heterocycles. The Bertz CT molecular complexity index is 1140. The van der Waals surface area contributed by atoms with E-state index >= 15 is 0 Å². The van der Waals surface area contributed by atoms with Gasteiger partial charge in [0.15, 0.2) is 0 Å². The quantitative estimate of drug-likeness (QED) is 0.588. The molecule has 26 heavy (non-hydrogen) atoms. The van der Waals surface area contributed by atoms with Crippen LogP contribution in [0.2, 0.25) is 0 Å². The lowest BCUT2D eigenvalue weighted by atomic mass is 10.3. The third kappa shape index (κ3) is 2.88. The molecule has 0 radical (unpaired) electrons. The van der Waals surface area contributed by atoms with E-state index in [1.54, 1.807) is 35.9 Å². The molecule has 0 aliphatic carbocycles. The monoisotopic (exact) mass is 367 g/mol. The Morgan fingerprint density at radius 2 is 2.08 bits per heavy atom. The Morgan fingerprint density at radius 1 is 1.27 bits per heavy atom. The maximum absolute atomic E-state index is 12.8. The molecule has 0 bridgehead atoms. The Morgan fingerprint density at radius 3 is 2.85 bits per heavy atom. The van der Waals surface area contributed by atoms with Crippen LogP contribution in [0, 0.1) is 0 Å². The van der Waals surface area contributed by atoms with E-state index in [1.807, 2.05) is 21.9 Å². The SMILES string of the molecule is CCCc1nn(CC(=O)Nc2ccncc2)c(=O)c2cc3ccsc3n12. The molecule has 0 saturated heterocycles. The molecule has 1 N–H and O–H groups in total. The third-order valence-electron chi connectivity index (χ3n) is 4.09. The second-order valence-corrected chi connectivity index (χ2v) is 6.85. The fraction of sp³-hybridized carbons (Fsp3) is 0.222. The first kappa shape index (κ1) is 16.5. The number of amides is 1. The number of anilines is 1. The number of rotatable bonds is 5. The van der Waals surface area contributed by atoms with E-state index in [0.717, 1.165) is 28.9 Å². The van der Waals surface area contributed by atoms with Gasteiger partial charge in [0.1, 0.15) is 22.7 Å². The summed E-state index contributed by atoms with van der Waals surface area (Å²) in [6.07, 6.45) is 4.82. The topological polar surface area (TPSA) is 81.3 Å². The van der Waals surface area contributed by atoms with Gasteiger partial charge in [0.25, 0.3) is 5.56 Å². The molecular formula is C18H17N5O2S. The first-order valence-corrected chi connectivity index (χ1v) is 9.24. The van der Waals surface area contributed by atoms with Crippen molar-refractivity contribution in [2.75, 3.05) is 5.32 Å². The lowest BCUT2D eigenvalue weighted by molar-refractivity contribution is -0.117. The molecule has 0 atom stereocenters. The van der Waals surface area contributed by atoms with Gasteiger partial charge in [-0.2, -0.15) is 5.10 Å². The number of carbonyl (C=O) groups is 1. The minimum atomic E-state index is -0.300. The first-order valence-electron chi connectivity index (χ1n) is 8.36. The van der Waals surface area contributed by atoms with Crippen LogP contribution in [-0.2, 0) is 17.8 Å². The summed E-state index contributed by atoms with van der Waals surface area (Å²) in [7, 11) is 0. The van der Waals surface area contributed by atoms with Crippen molar-refractivity contribution in [1.82, 2.24) is 19.2 Å². The number of fused-ring (bicyclic) bond motifs is 3. The van der Waals surface area contributed by atoms with Crippen LogP contribution in [0.1, 0.15) is 19.2 Å². The average molecular weight is 367 g/mol. The van der Waals surface area contributed by atoms with Crippen LogP contribution in [0.3, 0.4) is 0 Å². The number of nitrogens with one attached hydrogen (secondary N) is 1. The lowest BCUT2D eigenvalue weighted by Crippen LogP contribution is -2.32. The van der Waals surface area contributed by atoms with Gasteiger partial charge in [0.2, 0.25) is 5.91 Å². The van der Waals surface area contributed by atoms with Crippen molar-refractivity contribution in [2.24, 2.45) is 0 Å². The highest BCUT2D eigenvalue weighted by Crippen LogP contribution is 2.25. The van der Waals surface area contributed by atoms with Gasteiger partial charge in [-0.25, -0.2) is 4.68 Å². The second-order valence-electron chi connectivity index (χ2n) is 5.96. The fourth-order valence-corrected chi connectivity index (χ4v) is 3.88. The predicted molar refractivity (Wildman–Crippen MR) is 102 cm³/mol. The van der Waals surface area contributed by atoms with Crippen molar-refractivity contribution < 1.29 is 4.79 Å². The largest absolute Gasteiger partial charge is 0.324 e. The lowest BCUT2D eigenvalue weighted by Gasteiger charge is -2.10. The van der Waals surface area contributed by atoms with E-state index < -0.39 is 0 Å². The van der Waals surface area contributed by atoms with E-state index in [1.165, 1.54) is 4.68 Å². The standard InChI is InChI=1S/C18H17N5O2S/c1-2-3-15-21-22(11-16(24)20-13-4-7-19-8-5-13)17(25)14-10-12-6-9-26-18(12)23(14)15/h4-10H,2-3,11H2,1H3,(H,19,20,24). The van der Waals surface area contributed by atoms with Gasteiger partial charge in [0, 0.05) is 29.9 Å². The first-order chi connectivity index (χ1) is 12.7. The molecular weight excluding hydrogens is 350 g/mol. The van der Waals surface area contributed by atoms with Crippen LogP contribution in [0.4, 0.5) is 5.69 Å². The zero-order chi connectivity index (χ0) is 18.1. The zero-order valence-corrected chi connectivity index (χ0v) is 15.0. The molecule has 4 rings (SSSR count). The molecule has 132 valence electrons. The molecule has 4 aromatic heterocycles. The number of carbonyl (C=O) groups excluding carboxylic acids is 1. The number of nitrogens with zero attached hydrogens (tertiary/aromatic N) is 4. The molecule has 0 aliphatic rings. The van der Waals surface area contributed by atoms with Gasteiger partial charge in [-0.15, -0.1) is 11.3 Å². The fourth-order valence-electron chi connectivity index (χ4n) is 2.96. The Balaban J connectivity index is 1.74. The Labute approximate surface area is 152 Å². The number of aryl methyl sites for hydroxylation is 1. The predicted octanol–water partition coefficient (Wildman–Crippen LogP) is 2.70. The number of thiophene rings is 1. The molecule has 0 aromatic carbocycles. The van der Waals surface area contributed by atoms with Crippen LogP contribution in [0.5, 0.6) is 0 Å². The van der Waals surface area contributed by atoms with Gasteiger partial charge < -0.3 is 5.32 Å². The van der Waals surface area contributed by atoms with Crippen LogP contribution < -0.4 is 10.9 Å². The van der Waals surface area contributed by atoms with Crippen LogP contribution >= 0.6 is 11.3 Å². The Kier molecular flexibility index (Phi) is 4.26. The smallest absolute Gasteiger partial charge is 0.291 e. The highest BCUT2D eigenvalue weighted by Gasteiger charge is 2.16. The molecule has 8 heteroatoms. The minimum Gasteiger partial charge on any atom is -0.324 e. The van der Waals surface area contributed by atoms with E-state index in [2.05, 4.69) is 22.3 Å². The van der Waals surface area contributed by atoms with Crippen LogP contribution in [0.15, 0.2) is 46.8 Å². The molecule has 0 unspecified atom stereocenters.